The fraction of sp³-hybridized carbons (Fsp3) is 0.379. The summed E-state index contributed by atoms with van der Waals surface area (Å²) in [6, 6.07) is 9.35. The van der Waals surface area contributed by atoms with Crippen molar-refractivity contribution in [3.63, 3.8) is 0 Å². The summed E-state index contributed by atoms with van der Waals surface area (Å²) in [4.78, 5) is 52.9. The number of allylic oxidation sites excluding steroid dienone is 2. The molecular weight excluding hydrogens is 562 g/mol. The number of fused-ring (bicyclic) bond motifs is 4. The van der Waals surface area contributed by atoms with Crippen LogP contribution in [0.1, 0.15) is 31.2 Å². The monoisotopic (exact) mass is 586 g/mol. The number of phenols is 1. The van der Waals surface area contributed by atoms with Crippen LogP contribution in [0.15, 0.2) is 54.1 Å². The number of hydrogen-bond acceptors (Lipinski definition) is 6. The zero-order chi connectivity index (χ0) is 28.7. The fourth-order valence-corrected chi connectivity index (χ4v) is 7.97. The first-order chi connectivity index (χ1) is 19.0. The molecule has 2 saturated heterocycles. The molecule has 0 radical (unpaired) electrons. The number of carbonyl (C=O) groups is 4. The van der Waals surface area contributed by atoms with Crippen LogP contribution in [0.3, 0.4) is 0 Å². The Morgan fingerprint density at radius 3 is 2.35 bits per heavy atom. The lowest BCUT2D eigenvalue weighted by Crippen LogP contribution is -2.60. The van der Waals surface area contributed by atoms with Gasteiger partial charge in [-0.25, -0.2) is 9.29 Å². The van der Waals surface area contributed by atoms with Gasteiger partial charge >= 0.3 is 0 Å². The summed E-state index contributed by atoms with van der Waals surface area (Å²) in [6.45, 7) is 1.93. The Balaban J connectivity index is 1.57. The molecule has 4 amide bonds. The lowest BCUT2D eigenvalue weighted by atomic mass is 9.56. The number of carbonyl (C=O) groups excluding carboxylic acids is 4. The van der Waals surface area contributed by atoms with E-state index in [0.29, 0.717) is 11.1 Å². The number of aromatic hydroxyl groups is 1. The molecule has 11 heteroatoms. The maximum absolute atomic E-state index is 14.2. The summed E-state index contributed by atoms with van der Waals surface area (Å²) in [7, 11) is 1.39. The lowest BCUT2D eigenvalue weighted by molar-refractivity contribution is -0.140. The van der Waals surface area contributed by atoms with E-state index in [0.717, 1.165) is 17.0 Å². The van der Waals surface area contributed by atoms with Gasteiger partial charge < -0.3 is 9.84 Å². The van der Waals surface area contributed by atoms with Crippen molar-refractivity contribution in [2.75, 3.05) is 18.6 Å². The highest BCUT2D eigenvalue weighted by Gasteiger charge is 2.76. The molecule has 40 heavy (non-hydrogen) atoms. The topological polar surface area (TPSA) is 104 Å². The highest BCUT2D eigenvalue weighted by atomic mass is 35.5. The van der Waals surface area contributed by atoms with E-state index in [4.69, 9.17) is 27.9 Å². The zero-order valence-corrected chi connectivity index (χ0v) is 23.1. The maximum Gasteiger partial charge on any atom is 0.258 e. The molecular formula is C29H25Cl2FN2O6. The first-order valence-electron chi connectivity index (χ1n) is 12.9. The average molecular weight is 587 g/mol. The summed E-state index contributed by atoms with van der Waals surface area (Å²) in [6.07, 6.45) is 1.91. The Hall–Kier alpha value is -3.43. The van der Waals surface area contributed by atoms with Gasteiger partial charge in [-0.3, -0.25) is 24.1 Å². The molecule has 2 aromatic carbocycles. The molecule has 2 aromatic rings. The van der Waals surface area contributed by atoms with E-state index in [1.54, 1.807) is 13.0 Å². The highest BCUT2D eigenvalue weighted by molar-refractivity contribution is 6.58. The molecule has 2 aliphatic carbocycles. The van der Waals surface area contributed by atoms with Gasteiger partial charge in [-0.15, -0.1) is 23.2 Å². The predicted molar refractivity (Wildman–Crippen MR) is 144 cm³/mol. The summed E-state index contributed by atoms with van der Waals surface area (Å²) >= 11 is 14.5. The zero-order valence-electron chi connectivity index (χ0n) is 21.6. The molecule has 1 N–H and O–H groups in total. The third kappa shape index (κ3) is 3.31. The Kier molecular flexibility index (Phi) is 6.05. The largest absolute Gasteiger partial charge is 0.504 e. The molecule has 2 heterocycles. The van der Waals surface area contributed by atoms with Gasteiger partial charge in [0, 0.05) is 12.5 Å². The number of benzene rings is 2. The number of alkyl halides is 2. The van der Waals surface area contributed by atoms with Gasteiger partial charge in [-0.1, -0.05) is 17.7 Å². The number of rotatable bonds is 4. The van der Waals surface area contributed by atoms with Crippen molar-refractivity contribution in [2.45, 2.75) is 35.4 Å². The van der Waals surface area contributed by atoms with Crippen molar-refractivity contribution in [2.24, 2.45) is 17.8 Å². The van der Waals surface area contributed by atoms with Crippen LogP contribution in [0, 0.1) is 23.6 Å². The molecule has 0 aromatic heterocycles. The third-order valence-corrected chi connectivity index (χ3v) is 10.3. The van der Waals surface area contributed by atoms with Gasteiger partial charge in [0.15, 0.2) is 21.2 Å². The number of ether oxygens (including phenoxy) is 1. The summed E-state index contributed by atoms with van der Waals surface area (Å²) in [5, 5.41) is 10.7. The van der Waals surface area contributed by atoms with Gasteiger partial charge in [-0.05, 0) is 67.6 Å². The third-order valence-electron chi connectivity index (χ3n) is 8.84. The maximum atomic E-state index is 14.2. The van der Waals surface area contributed by atoms with Crippen LogP contribution in [0.5, 0.6) is 11.5 Å². The van der Waals surface area contributed by atoms with E-state index in [1.807, 2.05) is 6.08 Å². The van der Waals surface area contributed by atoms with Crippen LogP contribution in [0.2, 0.25) is 0 Å². The van der Waals surface area contributed by atoms with E-state index in [1.165, 1.54) is 36.3 Å². The number of anilines is 1. The van der Waals surface area contributed by atoms with Crippen LogP contribution in [0.4, 0.5) is 10.1 Å². The van der Waals surface area contributed by atoms with Crippen molar-refractivity contribution in [3.05, 3.63) is 65.5 Å². The summed E-state index contributed by atoms with van der Waals surface area (Å²) < 4.78 is 18.9. The number of imide groups is 2. The Morgan fingerprint density at radius 2 is 1.73 bits per heavy atom. The summed E-state index contributed by atoms with van der Waals surface area (Å²) in [5.74, 6) is -5.91. The van der Waals surface area contributed by atoms with Crippen molar-refractivity contribution in [1.82, 2.24) is 4.90 Å². The first kappa shape index (κ1) is 26.8. The second-order valence-corrected chi connectivity index (χ2v) is 11.8. The quantitative estimate of drug-likeness (QED) is 0.328. The standard InChI is InChI=1S/C29H25Cl2FN2O6/c1-3-33-24(36)18-10-9-17-19(22(18)25(33)37)13-28(30)26(38)34(16-7-5-15(32)6-8-16)27(39)29(28,31)23(17)14-4-11-21(40-2)20(35)12-14/h4-9,11-12,18-19,22-23,35H,3,10,13H2,1-2H3/t18-,19+,22-,23-,28+,29-/m0/s1. The molecule has 0 spiro atoms. The molecule has 6 atom stereocenters. The molecule has 3 fully saturated rings. The SMILES string of the molecule is CCN1C(=O)[C@H]2[C@H](CC=C3[C@H]2C[C@@]2(Cl)C(=O)N(c4ccc(F)cc4)C(=O)[C@@]2(Cl)[C@H]3c2ccc(OC)c(O)c2)C1=O. The fourth-order valence-electron chi connectivity index (χ4n) is 7.04. The van der Waals surface area contributed by atoms with Crippen LogP contribution < -0.4 is 9.64 Å². The van der Waals surface area contributed by atoms with Crippen LogP contribution in [-0.4, -0.2) is 57.0 Å². The minimum absolute atomic E-state index is 0.0984. The second kappa shape index (κ2) is 9.04. The van der Waals surface area contributed by atoms with E-state index in [2.05, 4.69) is 0 Å². The minimum atomic E-state index is -2.06. The molecule has 2 aliphatic heterocycles. The van der Waals surface area contributed by atoms with Crippen molar-refractivity contribution in [3.8, 4) is 11.5 Å². The molecule has 1 saturated carbocycles. The molecule has 6 rings (SSSR count). The smallest absolute Gasteiger partial charge is 0.258 e. The second-order valence-electron chi connectivity index (χ2n) is 10.6. The van der Waals surface area contributed by atoms with Crippen LogP contribution in [0.25, 0.3) is 0 Å². The van der Waals surface area contributed by atoms with Crippen LogP contribution in [-0.2, 0) is 19.2 Å². The van der Waals surface area contributed by atoms with Crippen molar-refractivity contribution >= 4 is 52.5 Å². The molecule has 0 unspecified atom stereocenters. The van der Waals surface area contributed by atoms with E-state index in [9.17, 15) is 28.7 Å². The first-order valence-corrected chi connectivity index (χ1v) is 13.7. The van der Waals surface area contributed by atoms with E-state index < -0.39 is 51.1 Å². The number of likely N-dealkylation sites (tertiary alicyclic amines) is 1. The Morgan fingerprint density at radius 1 is 1.02 bits per heavy atom. The predicted octanol–water partition coefficient (Wildman–Crippen LogP) is 4.12. The molecule has 8 nitrogen and oxygen atoms in total. The number of halogens is 3. The number of methoxy groups -OCH3 is 1. The number of hydrogen-bond donors (Lipinski definition) is 1. The van der Waals surface area contributed by atoms with Crippen molar-refractivity contribution < 1.29 is 33.4 Å². The van der Waals surface area contributed by atoms with Gasteiger partial charge in [0.2, 0.25) is 11.8 Å². The Labute approximate surface area is 239 Å². The molecule has 0 bridgehead atoms. The molecule has 208 valence electrons. The molecule has 4 aliphatic rings. The van der Waals surface area contributed by atoms with Gasteiger partial charge in [0.1, 0.15) is 5.82 Å². The number of nitrogens with zero attached hydrogens (tertiary/aromatic N) is 2. The van der Waals surface area contributed by atoms with E-state index >= 15 is 0 Å². The average Bonchev–Trinajstić information content (AvgIpc) is 3.26. The van der Waals surface area contributed by atoms with Gasteiger partial charge in [0.05, 0.1) is 24.6 Å². The van der Waals surface area contributed by atoms with Crippen molar-refractivity contribution in [1.29, 1.82) is 0 Å². The summed E-state index contributed by atoms with van der Waals surface area (Å²) in [5.41, 5.74) is 1.10. The Bertz CT molecular complexity index is 1510. The van der Waals surface area contributed by atoms with E-state index in [-0.39, 0.29) is 48.4 Å². The van der Waals surface area contributed by atoms with Gasteiger partial charge in [0.25, 0.3) is 11.8 Å². The minimum Gasteiger partial charge on any atom is -0.504 e. The van der Waals surface area contributed by atoms with Crippen LogP contribution >= 0.6 is 23.2 Å². The number of amides is 4. The lowest BCUT2D eigenvalue weighted by Gasteiger charge is -2.50. The number of phenolic OH excluding ortho intramolecular Hbond substituents is 1. The highest BCUT2D eigenvalue weighted by Crippen LogP contribution is 2.66. The van der Waals surface area contributed by atoms with Gasteiger partial charge in [-0.2, -0.15) is 0 Å². The normalized spacial score (nSPS) is 33.1.